The van der Waals surface area contributed by atoms with E-state index in [0.29, 0.717) is 13.1 Å². The molecule has 1 fully saturated rings. The molecule has 0 aromatic rings. The average Bonchev–Trinajstić information content (AvgIpc) is 1.99. The fraction of sp³-hybridized carbons (Fsp3) is 0.889. The molecule has 4 heteroatoms. The first-order valence-electron chi connectivity index (χ1n) is 4.68. The molecule has 13 heavy (non-hydrogen) atoms. The molecule has 1 rings (SSSR count). The van der Waals surface area contributed by atoms with Crippen LogP contribution in [0.25, 0.3) is 0 Å². The van der Waals surface area contributed by atoms with Crippen molar-refractivity contribution in [2.75, 3.05) is 13.1 Å². The second kappa shape index (κ2) is 3.64. The van der Waals surface area contributed by atoms with E-state index >= 15 is 0 Å². The Bertz CT molecular complexity index is 199. The molecule has 0 amide bonds. The molecule has 4 nitrogen and oxygen atoms in total. The van der Waals surface area contributed by atoms with Gasteiger partial charge in [-0.2, -0.15) is 0 Å². The Balaban J connectivity index is 2.36. The molecule has 1 atom stereocenters. The topological polar surface area (TPSA) is 60.8 Å². The number of carboxylic acids is 1. The normalized spacial score (nSPS) is 23.6. The minimum atomic E-state index is -0.821. The third-order valence-electron chi connectivity index (χ3n) is 2.62. The minimum Gasteiger partial charge on any atom is -0.480 e. The van der Waals surface area contributed by atoms with Gasteiger partial charge in [0.2, 0.25) is 0 Å². The van der Waals surface area contributed by atoms with Crippen LogP contribution in [0.1, 0.15) is 26.7 Å². The number of carbonyl (C=O) groups is 1. The maximum Gasteiger partial charge on any atom is 0.320 e. The van der Waals surface area contributed by atoms with Crippen LogP contribution < -0.4 is 0 Å². The molecule has 0 radical (unpaired) electrons. The molecular formula is C9H17NO3. The number of hydrogen-bond acceptors (Lipinski definition) is 3. The van der Waals surface area contributed by atoms with Gasteiger partial charge in [0.15, 0.2) is 0 Å². The Morgan fingerprint density at radius 3 is 2.54 bits per heavy atom. The van der Waals surface area contributed by atoms with Crippen molar-refractivity contribution >= 4 is 5.97 Å². The predicted molar refractivity (Wildman–Crippen MR) is 48.5 cm³/mol. The van der Waals surface area contributed by atoms with E-state index in [9.17, 15) is 9.90 Å². The summed E-state index contributed by atoms with van der Waals surface area (Å²) in [6.07, 6.45) is 1.70. The second-order valence-corrected chi connectivity index (χ2v) is 3.89. The molecule has 1 aliphatic rings. The highest BCUT2D eigenvalue weighted by molar-refractivity contribution is 5.73. The molecule has 0 aromatic carbocycles. The molecular weight excluding hydrogens is 170 g/mol. The molecule has 76 valence electrons. The molecule has 1 heterocycles. The zero-order chi connectivity index (χ0) is 10.1. The molecule has 0 aliphatic carbocycles. The first-order chi connectivity index (χ1) is 5.98. The van der Waals surface area contributed by atoms with E-state index in [1.165, 1.54) is 0 Å². The lowest BCUT2D eigenvalue weighted by Crippen LogP contribution is -2.65. The molecule has 0 saturated carbocycles. The van der Waals surface area contributed by atoms with Crippen molar-refractivity contribution in [1.82, 2.24) is 4.90 Å². The molecule has 1 aliphatic heterocycles. The highest BCUT2D eigenvalue weighted by Crippen LogP contribution is 2.27. The first kappa shape index (κ1) is 10.5. The highest BCUT2D eigenvalue weighted by Gasteiger charge is 2.43. The van der Waals surface area contributed by atoms with E-state index < -0.39 is 17.6 Å². The summed E-state index contributed by atoms with van der Waals surface area (Å²) in [5.74, 6) is -0.821. The average molecular weight is 187 g/mol. The van der Waals surface area contributed by atoms with Crippen LogP contribution in [0.15, 0.2) is 0 Å². The summed E-state index contributed by atoms with van der Waals surface area (Å²) < 4.78 is 0. The lowest BCUT2D eigenvalue weighted by Gasteiger charge is -2.48. The van der Waals surface area contributed by atoms with Crippen LogP contribution >= 0.6 is 0 Å². The Kier molecular flexibility index (Phi) is 2.93. The van der Waals surface area contributed by atoms with Crippen molar-refractivity contribution in [3.63, 3.8) is 0 Å². The number of rotatable bonds is 4. The lowest BCUT2D eigenvalue weighted by molar-refractivity contribution is -0.157. The van der Waals surface area contributed by atoms with Gasteiger partial charge in [0.25, 0.3) is 0 Å². The summed E-state index contributed by atoms with van der Waals surface area (Å²) in [5.41, 5.74) is -0.627. The third-order valence-corrected chi connectivity index (χ3v) is 2.62. The van der Waals surface area contributed by atoms with Gasteiger partial charge in [-0.05, 0) is 13.3 Å². The van der Waals surface area contributed by atoms with Crippen LogP contribution in [0.5, 0.6) is 0 Å². The standard InChI is InChI=1S/C9H17NO3/c1-3-4-9(13)5-10(6-9)7(2)8(11)12/h7,13H,3-6H2,1-2H3,(H,11,12). The summed E-state index contributed by atoms with van der Waals surface area (Å²) in [4.78, 5) is 12.4. The van der Waals surface area contributed by atoms with Crippen molar-refractivity contribution in [1.29, 1.82) is 0 Å². The number of nitrogens with zero attached hydrogens (tertiary/aromatic N) is 1. The largest absolute Gasteiger partial charge is 0.480 e. The molecule has 1 saturated heterocycles. The van der Waals surface area contributed by atoms with E-state index in [2.05, 4.69) is 0 Å². The number of likely N-dealkylation sites (tertiary alicyclic amines) is 1. The van der Waals surface area contributed by atoms with Crippen molar-refractivity contribution in [2.24, 2.45) is 0 Å². The van der Waals surface area contributed by atoms with E-state index in [-0.39, 0.29) is 0 Å². The van der Waals surface area contributed by atoms with Gasteiger partial charge in [-0.25, -0.2) is 0 Å². The third kappa shape index (κ3) is 2.19. The lowest BCUT2D eigenvalue weighted by atomic mass is 9.88. The Hall–Kier alpha value is -0.610. The molecule has 0 bridgehead atoms. The summed E-state index contributed by atoms with van der Waals surface area (Å²) in [5, 5.41) is 18.5. The molecule has 0 spiro atoms. The summed E-state index contributed by atoms with van der Waals surface area (Å²) in [6, 6.07) is -0.475. The van der Waals surface area contributed by atoms with Crippen LogP contribution in [-0.2, 0) is 4.79 Å². The van der Waals surface area contributed by atoms with E-state index in [1.54, 1.807) is 11.8 Å². The molecule has 0 aromatic heterocycles. The fourth-order valence-corrected chi connectivity index (χ4v) is 1.76. The SMILES string of the molecule is CCCC1(O)CN(C(C)C(=O)O)C1. The van der Waals surface area contributed by atoms with Gasteiger partial charge in [-0.1, -0.05) is 13.3 Å². The monoisotopic (exact) mass is 187 g/mol. The fourth-order valence-electron chi connectivity index (χ4n) is 1.76. The molecule has 2 N–H and O–H groups in total. The van der Waals surface area contributed by atoms with Crippen LogP contribution in [0.4, 0.5) is 0 Å². The maximum atomic E-state index is 10.6. The van der Waals surface area contributed by atoms with Gasteiger partial charge >= 0.3 is 5.97 Å². The summed E-state index contributed by atoms with van der Waals surface area (Å²) in [7, 11) is 0. The van der Waals surface area contributed by atoms with Crippen molar-refractivity contribution in [2.45, 2.75) is 38.3 Å². The number of aliphatic carboxylic acids is 1. The quantitative estimate of drug-likeness (QED) is 0.665. The Labute approximate surface area is 78.2 Å². The van der Waals surface area contributed by atoms with Gasteiger partial charge < -0.3 is 10.2 Å². The molecule has 1 unspecified atom stereocenters. The summed E-state index contributed by atoms with van der Waals surface area (Å²) in [6.45, 7) is 4.65. The number of carboxylic acid groups (broad SMARTS) is 1. The van der Waals surface area contributed by atoms with Crippen molar-refractivity contribution in [3.05, 3.63) is 0 Å². The van der Waals surface area contributed by atoms with Gasteiger partial charge in [-0.15, -0.1) is 0 Å². The smallest absolute Gasteiger partial charge is 0.320 e. The number of hydrogen-bond donors (Lipinski definition) is 2. The number of β-amino-alcohol motifs (C(OH)–C–C–N with tert-alkyl or cyclic N) is 1. The van der Waals surface area contributed by atoms with Gasteiger partial charge in [-0.3, -0.25) is 9.69 Å². The maximum absolute atomic E-state index is 10.6. The van der Waals surface area contributed by atoms with Crippen LogP contribution in [0.3, 0.4) is 0 Å². The van der Waals surface area contributed by atoms with Gasteiger partial charge in [0, 0.05) is 13.1 Å². The van der Waals surface area contributed by atoms with Crippen molar-refractivity contribution < 1.29 is 15.0 Å². The number of aliphatic hydroxyl groups is 1. The Morgan fingerprint density at radius 2 is 2.15 bits per heavy atom. The zero-order valence-corrected chi connectivity index (χ0v) is 8.16. The van der Waals surface area contributed by atoms with Crippen LogP contribution in [0, 0.1) is 0 Å². The Morgan fingerprint density at radius 1 is 1.62 bits per heavy atom. The van der Waals surface area contributed by atoms with Crippen molar-refractivity contribution in [3.8, 4) is 0 Å². The van der Waals surface area contributed by atoms with E-state index in [4.69, 9.17) is 5.11 Å². The van der Waals surface area contributed by atoms with E-state index in [1.807, 2.05) is 6.92 Å². The summed E-state index contributed by atoms with van der Waals surface area (Å²) >= 11 is 0. The highest BCUT2D eigenvalue weighted by atomic mass is 16.4. The zero-order valence-electron chi connectivity index (χ0n) is 8.16. The van der Waals surface area contributed by atoms with Crippen LogP contribution in [0.2, 0.25) is 0 Å². The van der Waals surface area contributed by atoms with Gasteiger partial charge in [0.05, 0.1) is 5.60 Å². The minimum absolute atomic E-state index is 0.475. The predicted octanol–water partition coefficient (Wildman–Crippen LogP) is 0.306. The second-order valence-electron chi connectivity index (χ2n) is 3.89. The van der Waals surface area contributed by atoms with Crippen LogP contribution in [-0.4, -0.2) is 45.8 Å². The van der Waals surface area contributed by atoms with E-state index in [0.717, 1.165) is 12.8 Å². The van der Waals surface area contributed by atoms with Gasteiger partial charge in [0.1, 0.15) is 6.04 Å². The first-order valence-corrected chi connectivity index (χ1v) is 4.68.